The smallest absolute Gasteiger partial charge is 0.244 e. The molecule has 110 valence electrons. The molecular weight excluding hydrogens is 280 g/mol. The van der Waals surface area contributed by atoms with Gasteiger partial charge in [0, 0.05) is 18.8 Å². The number of likely N-dealkylation sites (tertiary alicyclic amines) is 2. The van der Waals surface area contributed by atoms with Crippen LogP contribution in [0.4, 0.5) is 0 Å². The van der Waals surface area contributed by atoms with Gasteiger partial charge in [-0.1, -0.05) is 13.8 Å². The second-order valence-electron chi connectivity index (χ2n) is 4.92. The lowest BCUT2D eigenvalue weighted by Crippen LogP contribution is -2.44. The first kappa shape index (κ1) is 15.0. The Hall–Kier alpha value is -1.37. The molecule has 2 heterocycles. The van der Waals surface area contributed by atoms with Gasteiger partial charge in [0.05, 0.1) is 5.25 Å². The van der Waals surface area contributed by atoms with Crippen LogP contribution < -0.4 is 0 Å². The molecule has 6 nitrogen and oxygen atoms in total. The Kier molecular flexibility index (Phi) is 4.47. The normalized spacial score (nSPS) is 27.1. The summed E-state index contributed by atoms with van der Waals surface area (Å²) in [6, 6.07) is 0. The zero-order chi connectivity index (χ0) is 14.9. The number of hydrogen-bond donors (Lipinski definition) is 0. The molecule has 0 aromatic rings. The van der Waals surface area contributed by atoms with E-state index in [1.54, 1.807) is 0 Å². The molecule has 0 aromatic heterocycles. The number of rotatable bonds is 5. The maximum Gasteiger partial charge on any atom is 0.244 e. The minimum Gasteiger partial charge on any atom is -0.274 e. The van der Waals surface area contributed by atoms with Gasteiger partial charge in [-0.05, 0) is 12.2 Å². The summed E-state index contributed by atoms with van der Waals surface area (Å²) in [5.41, 5.74) is 0. The summed E-state index contributed by atoms with van der Waals surface area (Å²) in [4.78, 5) is 49.9. The number of carbonyl (C=O) groups excluding carboxylic acids is 4. The third-order valence-electron chi connectivity index (χ3n) is 3.68. The van der Waals surface area contributed by atoms with E-state index in [1.807, 2.05) is 13.8 Å². The molecule has 0 aromatic carbocycles. The van der Waals surface area contributed by atoms with Crippen molar-refractivity contribution in [2.24, 2.45) is 5.92 Å². The topological polar surface area (TPSA) is 74.8 Å². The lowest BCUT2D eigenvalue weighted by Gasteiger charge is -2.21. The number of hydrogen-bond acceptors (Lipinski definition) is 5. The minimum atomic E-state index is -0.373. The monoisotopic (exact) mass is 298 g/mol. The zero-order valence-corrected chi connectivity index (χ0v) is 12.4. The van der Waals surface area contributed by atoms with Crippen LogP contribution in [-0.4, -0.2) is 51.1 Å². The average molecular weight is 298 g/mol. The van der Waals surface area contributed by atoms with Crippen molar-refractivity contribution in [3.05, 3.63) is 0 Å². The average Bonchev–Trinajstić information content (AvgIpc) is 2.83. The van der Waals surface area contributed by atoms with Crippen molar-refractivity contribution in [2.45, 2.75) is 38.4 Å². The van der Waals surface area contributed by atoms with Gasteiger partial charge in [0.25, 0.3) is 0 Å². The van der Waals surface area contributed by atoms with Crippen LogP contribution in [0.25, 0.3) is 0 Å². The van der Waals surface area contributed by atoms with Crippen LogP contribution in [0.3, 0.4) is 0 Å². The summed E-state index contributed by atoms with van der Waals surface area (Å²) in [6.07, 6.45) is 0.931. The summed E-state index contributed by atoms with van der Waals surface area (Å²) in [5, 5.41) is -0.373. The first-order chi connectivity index (χ1) is 9.49. The van der Waals surface area contributed by atoms with Gasteiger partial charge in [0.2, 0.25) is 23.6 Å². The molecular formula is C13H18N2O4S. The van der Waals surface area contributed by atoms with Gasteiger partial charge in [-0.15, -0.1) is 11.8 Å². The lowest BCUT2D eigenvalue weighted by molar-refractivity contribution is -0.147. The summed E-state index contributed by atoms with van der Waals surface area (Å²) < 4.78 is 0. The van der Waals surface area contributed by atoms with Crippen molar-refractivity contribution >= 4 is 35.4 Å². The number of nitrogens with zero attached hydrogens (tertiary/aromatic N) is 2. The molecule has 2 atom stereocenters. The molecule has 0 aliphatic carbocycles. The van der Waals surface area contributed by atoms with Crippen LogP contribution in [0.15, 0.2) is 0 Å². The molecule has 2 fully saturated rings. The molecule has 2 saturated heterocycles. The van der Waals surface area contributed by atoms with Crippen LogP contribution in [0, 0.1) is 5.92 Å². The van der Waals surface area contributed by atoms with Crippen molar-refractivity contribution in [1.82, 2.24) is 9.80 Å². The fourth-order valence-electron chi connectivity index (χ4n) is 2.49. The minimum absolute atomic E-state index is 0.158. The van der Waals surface area contributed by atoms with E-state index in [1.165, 1.54) is 11.8 Å². The Morgan fingerprint density at radius 3 is 2.15 bits per heavy atom. The first-order valence-electron chi connectivity index (χ1n) is 6.79. The van der Waals surface area contributed by atoms with E-state index in [2.05, 4.69) is 0 Å². The maximum atomic E-state index is 12.1. The predicted octanol–water partition coefficient (Wildman–Crippen LogP) is 0.610. The third-order valence-corrected chi connectivity index (χ3v) is 4.79. The van der Waals surface area contributed by atoms with Crippen molar-refractivity contribution in [1.29, 1.82) is 0 Å². The lowest BCUT2D eigenvalue weighted by atomic mass is 10.1. The third kappa shape index (κ3) is 2.59. The van der Waals surface area contributed by atoms with E-state index in [9.17, 15) is 19.2 Å². The van der Waals surface area contributed by atoms with Crippen molar-refractivity contribution < 1.29 is 19.2 Å². The molecule has 4 amide bonds. The van der Waals surface area contributed by atoms with E-state index in [-0.39, 0.29) is 54.3 Å². The van der Waals surface area contributed by atoms with Gasteiger partial charge in [0.1, 0.15) is 6.67 Å². The highest BCUT2D eigenvalue weighted by atomic mass is 32.2. The Morgan fingerprint density at radius 2 is 1.60 bits per heavy atom. The van der Waals surface area contributed by atoms with Crippen LogP contribution in [0.5, 0.6) is 0 Å². The molecule has 2 aliphatic heterocycles. The Bertz CT molecular complexity index is 465. The molecule has 0 spiro atoms. The van der Waals surface area contributed by atoms with Crippen LogP contribution >= 0.6 is 11.8 Å². The molecule has 0 radical (unpaired) electrons. The second-order valence-corrected chi connectivity index (χ2v) is 6.40. The van der Waals surface area contributed by atoms with Crippen molar-refractivity contribution in [3.8, 4) is 0 Å². The van der Waals surface area contributed by atoms with Gasteiger partial charge in [-0.25, -0.2) is 0 Å². The van der Waals surface area contributed by atoms with Gasteiger partial charge < -0.3 is 0 Å². The highest BCUT2D eigenvalue weighted by molar-refractivity contribution is 8.00. The van der Waals surface area contributed by atoms with Crippen molar-refractivity contribution in [3.63, 3.8) is 0 Å². The van der Waals surface area contributed by atoms with Gasteiger partial charge >= 0.3 is 0 Å². The summed E-state index contributed by atoms with van der Waals surface area (Å²) in [5.74, 6) is -0.726. The highest BCUT2D eigenvalue weighted by Crippen LogP contribution is 2.27. The van der Waals surface area contributed by atoms with E-state index in [0.29, 0.717) is 6.42 Å². The van der Waals surface area contributed by atoms with Gasteiger partial charge in [-0.3, -0.25) is 29.0 Å². The SMILES string of the molecule is CCSC1CC(=O)N(CN2C(=O)CC(CC)C2=O)C1=O. The number of amides is 4. The molecule has 20 heavy (non-hydrogen) atoms. The molecule has 2 unspecified atom stereocenters. The van der Waals surface area contributed by atoms with E-state index in [0.717, 1.165) is 15.6 Å². The quantitative estimate of drug-likeness (QED) is 0.695. The largest absolute Gasteiger partial charge is 0.274 e. The molecule has 2 aliphatic rings. The number of carbonyl (C=O) groups is 4. The van der Waals surface area contributed by atoms with E-state index >= 15 is 0 Å². The van der Waals surface area contributed by atoms with Crippen LogP contribution in [0.2, 0.25) is 0 Å². The number of imide groups is 2. The standard InChI is InChI=1S/C13H18N2O4S/c1-3-8-5-10(16)14(12(8)18)7-15-11(17)6-9(13(15)19)20-4-2/h8-9H,3-7H2,1-2H3. The molecule has 0 bridgehead atoms. The Balaban J connectivity index is 2.07. The second kappa shape index (κ2) is 5.95. The van der Waals surface area contributed by atoms with Gasteiger partial charge in [-0.2, -0.15) is 0 Å². The highest BCUT2D eigenvalue weighted by Gasteiger charge is 2.44. The zero-order valence-electron chi connectivity index (χ0n) is 11.6. The predicted molar refractivity (Wildman–Crippen MR) is 73.5 cm³/mol. The fourth-order valence-corrected chi connectivity index (χ4v) is 3.43. The Morgan fingerprint density at radius 1 is 1.00 bits per heavy atom. The maximum absolute atomic E-state index is 12.1. The van der Waals surface area contributed by atoms with Gasteiger partial charge in [0.15, 0.2) is 0 Å². The van der Waals surface area contributed by atoms with Crippen LogP contribution in [0.1, 0.15) is 33.1 Å². The molecule has 0 N–H and O–H groups in total. The molecule has 7 heteroatoms. The molecule has 0 saturated carbocycles. The van der Waals surface area contributed by atoms with E-state index < -0.39 is 0 Å². The first-order valence-corrected chi connectivity index (χ1v) is 7.84. The summed E-state index contributed by atoms with van der Waals surface area (Å²) in [7, 11) is 0. The summed E-state index contributed by atoms with van der Waals surface area (Å²) in [6.45, 7) is 3.55. The van der Waals surface area contributed by atoms with E-state index in [4.69, 9.17) is 0 Å². The summed E-state index contributed by atoms with van der Waals surface area (Å²) >= 11 is 1.42. The van der Waals surface area contributed by atoms with Crippen LogP contribution in [-0.2, 0) is 19.2 Å². The van der Waals surface area contributed by atoms with Crippen molar-refractivity contribution in [2.75, 3.05) is 12.4 Å². The Labute approximate surface area is 121 Å². The molecule has 2 rings (SSSR count). The fraction of sp³-hybridized carbons (Fsp3) is 0.692. The number of thioether (sulfide) groups is 1.